The molecule has 24 heavy (non-hydrogen) atoms. The molecule has 0 radical (unpaired) electrons. The van der Waals surface area contributed by atoms with Crippen molar-refractivity contribution in [2.75, 3.05) is 13.6 Å². The predicted molar refractivity (Wildman–Crippen MR) is 97.2 cm³/mol. The van der Waals surface area contributed by atoms with Crippen molar-refractivity contribution >= 4 is 10.9 Å². The van der Waals surface area contributed by atoms with Gasteiger partial charge in [0.1, 0.15) is 0 Å². The van der Waals surface area contributed by atoms with Gasteiger partial charge >= 0.3 is 0 Å². The average molecular weight is 319 g/mol. The molecular weight excluding hydrogens is 298 g/mol. The topological polar surface area (TPSA) is 38.1 Å². The van der Waals surface area contributed by atoms with Crippen LogP contribution in [0.25, 0.3) is 22.0 Å². The van der Waals surface area contributed by atoms with E-state index in [1.165, 1.54) is 11.1 Å². The second-order valence-corrected chi connectivity index (χ2v) is 6.71. The van der Waals surface area contributed by atoms with Crippen molar-refractivity contribution < 1.29 is 0 Å². The molecule has 3 heterocycles. The first kappa shape index (κ1) is 15.1. The molecular formula is C20H21N3O. The summed E-state index contributed by atoms with van der Waals surface area (Å²) in [6, 6.07) is 10.2. The van der Waals surface area contributed by atoms with E-state index in [9.17, 15) is 4.79 Å². The van der Waals surface area contributed by atoms with Crippen LogP contribution in [0, 0.1) is 6.92 Å². The summed E-state index contributed by atoms with van der Waals surface area (Å²) in [6.45, 7) is 3.95. The third-order valence-corrected chi connectivity index (χ3v) is 5.08. The van der Waals surface area contributed by atoms with Crippen LogP contribution in [0.3, 0.4) is 0 Å². The van der Waals surface area contributed by atoms with Crippen molar-refractivity contribution in [3.05, 3.63) is 63.7 Å². The van der Waals surface area contributed by atoms with Crippen LogP contribution >= 0.6 is 0 Å². The van der Waals surface area contributed by atoms with Crippen LogP contribution in [0.5, 0.6) is 0 Å². The molecule has 0 fully saturated rings. The van der Waals surface area contributed by atoms with Crippen LogP contribution in [-0.4, -0.2) is 28.0 Å². The summed E-state index contributed by atoms with van der Waals surface area (Å²) in [6.07, 6.45) is 2.71. The Morgan fingerprint density at radius 3 is 2.79 bits per heavy atom. The summed E-state index contributed by atoms with van der Waals surface area (Å²) in [5, 5.41) is 1.10. The molecule has 1 aliphatic rings. The minimum atomic E-state index is 0.0640. The van der Waals surface area contributed by atoms with Crippen molar-refractivity contribution in [2.24, 2.45) is 7.05 Å². The largest absolute Gasteiger partial charge is 0.315 e. The molecule has 0 spiro atoms. The Hall–Kier alpha value is -2.46. The highest BCUT2D eigenvalue weighted by atomic mass is 16.1. The fraction of sp³-hybridized carbons (Fsp3) is 0.300. The minimum absolute atomic E-state index is 0.0640. The van der Waals surface area contributed by atoms with Gasteiger partial charge in [-0.3, -0.25) is 9.78 Å². The Morgan fingerprint density at radius 1 is 1.12 bits per heavy atom. The van der Waals surface area contributed by atoms with E-state index in [4.69, 9.17) is 0 Å². The standard InChI is InChI=1S/C20H21N3O/c1-13-6-7-16(19-15(13)5-4-9-21-19)17-11-14-12-22(2)10-8-18(14)23(3)20(17)24/h4-7,9,11H,8,10,12H2,1-3H3. The highest BCUT2D eigenvalue weighted by molar-refractivity contribution is 5.95. The summed E-state index contributed by atoms with van der Waals surface area (Å²) in [4.78, 5) is 19.8. The van der Waals surface area contributed by atoms with Crippen molar-refractivity contribution in [3.8, 4) is 11.1 Å². The van der Waals surface area contributed by atoms with Crippen LogP contribution in [0.15, 0.2) is 41.3 Å². The summed E-state index contributed by atoms with van der Waals surface area (Å²) in [5.41, 5.74) is 6.21. The zero-order chi connectivity index (χ0) is 16.8. The lowest BCUT2D eigenvalue weighted by Crippen LogP contribution is -2.33. The minimum Gasteiger partial charge on any atom is -0.315 e. The maximum atomic E-state index is 13.0. The summed E-state index contributed by atoms with van der Waals surface area (Å²) in [7, 11) is 4.01. The quantitative estimate of drug-likeness (QED) is 0.692. The molecule has 0 saturated heterocycles. The molecule has 0 atom stereocenters. The van der Waals surface area contributed by atoms with Gasteiger partial charge in [-0.25, -0.2) is 0 Å². The molecule has 3 aromatic rings. The maximum Gasteiger partial charge on any atom is 0.258 e. The molecule has 4 heteroatoms. The number of hydrogen-bond acceptors (Lipinski definition) is 3. The van der Waals surface area contributed by atoms with Crippen molar-refractivity contribution in [3.63, 3.8) is 0 Å². The van der Waals surface area contributed by atoms with Gasteiger partial charge in [-0.2, -0.15) is 0 Å². The lowest BCUT2D eigenvalue weighted by Gasteiger charge is -2.27. The van der Waals surface area contributed by atoms with Gasteiger partial charge in [0.15, 0.2) is 0 Å². The van der Waals surface area contributed by atoms with Crippen molar-refractivity contribution in [2.45, 2.75) is 19.9 Å². The van der Waals surface area contributed by atoms with E-state index in [2.05, 4.69) is 42.1 Å². The molecule has 0 saturated carbocycles. The normalized spacial score (nSPS) is 14.8. The van der Waals surface area contributed by atoms with Gasteiger partial charge in [-0.15, -0.1) is 0 Å². The Labute approximate surface area is 141 Å². The smallest absolute Gasteiger partial charge is 0.258 e. The van der Waals surface area contributed by atoms with E-state index in [0.717, 1.165) is 47.2 Å². The molecule has 0 unspecified atom stereocenters. The fourth-order valence-electron chi connectivity index (χ4n) is 3.70. The van der Waals surface area contributed by atoms with Crippen LogP contribution in [-0.2, 0) is 20.0 Å². The number of nitrogens with zero attached hydrogens (tertiary/aromatic N) is 3. The second kappa shape index (κ2) is 5.56. The second-order valence-electron chi connectivity index (χ2n) is 6.71. The van der Waals surface area contributed by atoms with Crippen molar-refractivity contribution in [1.82, 2.24) is 14.5 Å². The van der Waals surface area contributed by atoms with E-state index < -0.39 is 0 Å². The molecule has 1 aliphatic heterocycles. The molecule has 0 amide bonds. The Morgan fingerprint density at radius 2 is 1.96 bits per heavy atom. The number of hydrogen-bond donors (Lipinski definition) is 0. The number of aryl methyl sites for hydroxylation is 1. The van der Waals surface area contributed by atoms with Gasteiger partial charge < -0.3 is 9.47 Å². The first-order valence-electron chi connectivity index (χ1n) is 8.31. The summed E-state index contributed by atoms with van der Waals surface area (Å²) < 4.78 is 1.83. The average Bonchev–Trinajstić information content (AvgIpc) is 2.59. The first-order valence-corrected chi connectivity index (χ1v) is 8.31. The zero-order valence-corrected chi connectivity index (χ0v) is 14.3. The van der Waals surface area contributed by atoms with Crippen LogP contribution in [0.1, 0.15) is 16.8 Å². The third-order valence-electron chi connectivity index (χ3n) is 5.08. The number of rotatable bonds is 1. The van der Waals surface area contributed by atoms with Crippen molar-refractivity contribution in [1.29, 1.82) is 0 Å². The SMILES string of the molecule is Cc1ccc(-c2cc3c(n(C)c2=O)CCN(C)C3)c2ncccc12. The Kier molecular flexibility index (Phi) is 3.50. The molecule has 1 aromatic carbocycles. The van der Waals surface area contributed by atoms with E-state index in [1.807, 2.05) is 23.7 Å². The van der Waals surface area contributed by atoms with E-state index in [-0.39, 0.29) is 5.56 Å². The summed E-state index contributed by atoms with van der Waals surface area (Å²) >= 11 is 0. The monoisotopic (exact) mass is 319 g/mol. The maximum absolute atomic E-state index is 13.0. The van der Waals surface area contributed by atoms with Crippen LogP contribution in [0.2, 0.25) is 0 Å². The number of aromatic nitrogens is 2. The van der Waals surface area contributed by atoms with Crippen LogP contribution in [0.4, 0.5) is 0 Å². The number of pyridine rings is 2. The molecule has 0 aliphatic carbocycles. The van der Waals surface area contributed by atoms with Gasteiger partial charge in [-0.05, 0) is 37.2 Å². The number of likely N-dealkylation sites (N-methyl/N-ethyl adjacent to an activating group) is 1. The van der Waals surface area contributed by atoms with Gasteiger partial charge in [-0.1, -0.05) is 18.2 Å². The highest BCUT2D eigenvalue weighted by Gasteiger charge is 2.20. The number of fused-ring (bicyclic) bond motifs is 2. The van der Waals surface area contributed by atoms with Gasteiger partial charge in [0.2, 0.25) is 0 Å². The van der Waals surface area contributed by atoms with Gasteiger partial charge in [0, 0.05) is 55.0 Å². The Bertz CT molecular complexity index is 1000. The Balaban J connectivity index is 2.02. The molecule has 4 rings (SSSR count). The molecule has 0 N–H and O–H groups in total. The lowest BCUT2D eigenvalue weighted by molar-refractivity contribution is 0.306. The van der Waals surface area contributed by atoms with Crippen LogP contribution < -0.4 is 5.56 Å². The zero-order valence-electron chi connectivity index (χ0n) is 14.3. The third kappa shape index (κ3) is 2.26. The number of benzene rings is 1. The fourth-order valence-corrected chi connectivity index (χ4v) is 3.70. The molecule has 2 aromatic heterocycles. The predicted octanol–water partition coefficient (Wildman–Crippen LogP) is 2.90. The first-order chi connectivity index (χ1) is 11.6. The van der Waals surface area contributed by atoms with E-state index in [0.29, 0.717) is 0 Å². The van der Waals surface area contributed by atoms with Gasteiger partial charge in [0.05, 0.1) is 5.52 Å². The molecule has 122 valence electrons. The summed E-state index contributed by atoms with van der Waals surface area (Å²) in [5.74, 6) is 0. The van der Waals surface area contributed by atoms with Gasteiger partial charge in [0.25, 0.3) is 5.56 Å². The molecule has 0 bridgehead atoms. The van der Waals surface area contributed by atoms with E-state index in [1.54, 1.807) is 6.20 Å². The highest BCUT2D eigenvalue weighted by Crippen LogP contribution is 2.29. The lowest BCUT2D eigenvalue weighted by atomic mass is 9.96. The van der Waals surface area contributed by atoms with E-state index >= 15 is 0 Å². The molecule has 4 nitrogen and oxygen atoms in total.